The predicted octanol–water partition coefficient (Wildman–Crippen LogP) is -0.337. The second-order valence-electron chi connectivity index (χ2n) is 2.88. The topological polar surface area (TPSA) is 87.4 Å². The summed E-state index contributed by atoms with van der Waals surface area (Å²) in [7, 11) is 0. The van der Waals surface area contributed by atoms with E-state index in [2.05, 4.69) is 22.9 Å². The van der Waals surface area contributed by atoms with Crippen LogP contribution in [0.25, 0.3) is 0 Å². The van der Waals surface area contributed by atoms with Crippen molar-refractivity contribution in [2.75, 3.05) is 13.1 Å². The number of carboxylic acids is 1. The Hall–Kier alpha value is -0.880. The number of carbonyl (C=O) groups is 1. The van der Waals surface area contributed by atoms with Crippen molar-refractivity contribution in [2.45, 2.75) is 25.8 Å². The highest BCUT2D eigenvalue weighted by atomic mass is 32.1. The minimum absolute atomic E-state index is 0.250. The van der Waals surface area contributed by atoms with Crippen molar-refractivity contribution in [3.8, 4) is 0 Å². The van der Waals surface area contributed by atoms with E-state index in [1.807, 2.05) is 6.92 Å². The van der Waals surface area contributed by atoms with Gasteiger partial charge in [0.15, 0.2) is 5.11 Å². The molecule has 0 saturated heterocycles. The molecule has 0 aromatic carbocycles. The molecule has 82 valence electrons. The van der Waals surface area contributed by atoms with Crippen molar-refractivity contribution in [1.82, 2.24) is 10.6 Å². The molecule has 0 aliphatic carbocycles. The molecule has 1 atom stereocenters. The van der Waals surface area contributed by atoms with Gasteiger partial charge in [0.2, 0.25) is 0 Å². The number of nitrogens with two attached hydrogens (primary N) is 1. The summed E-state index contributed by atoms with van der Waals surface area (Å²) < 4.78 is 0. The van der Waals surface area contributed by atoms with Crippen molar-refractivity contribution >= 4 is 23.3 Å². The smallest absolute Gasteiger partial charge is 0.320 e. The van der Waals surface area contributed by atoms with Gasteiger partial charge in [-0.1, -0.05) is 6.92 Å². The molecular formula is C8H17N3O2S. The van der Waals surface area contributed by atoms with E-state index in [9.17, 15) is 4.79 Å². The summed E-state index contributed by atoms with van der Waals surface area (Å²) in [6, 6.07) is -0.479. The number of carboxylic acid groups (broad SMARTS) is 1. The first-order valence-electron chi connectivity index (χ1n) is 4.57. The van der Waals surface area contributed by atoms with Crippen LogP contribution < -0.4 is 16.4 Å². The quantitative estimate of drug-likeness (QED) is 0.346. The second kappa shape index (κ2) is 7.52. The largest absolute Gasteiger partial charge is 0.480 e. The number of hydrogen-bond acceptors (Lipinski definition) is 3. The average molecular weight is 219 g/mol. The first-order chi connectivity index (χ1) is 6.57. The van der Waals surface area contributed by atoms with Crippen molar-refractivity contribution in [3.63, 3.8) is 0 Å². The van der Waals surface area contributed by atoms with Crippen LogP contribution in [0.1, 0.15) is 19.8 Å². The van der Waals surface area contributed by atoms with Crippen LogP contribution in [0.2, 0.25) is 0 Å². The van der Waals surface area contributed by atoms with Crippen molar-refractivity contribution in [1.29, 1.82) is 0 Å². The summed E-state index contributed by atoms with van der Waals surface area (Å²) in [5.74, 6) is -0.817. The van der Waals surface area contributed by atoms with E-state index >= 15 is 0 Å². The van der Waals surface area contributed by atoms with Gasteiger partial charge in [0.1, 0.15) is 6.04 Å². The maximum absolute atomic E-state index is 10.7. The number of aliphatic carboxylic acids is 1. The van der Waals surface area contributed by atoms with E-state index in [0.29, 0.717) is 19.5 Å². The summed E-state index contributed by atoms with van der Waals surface area (Å²) >= 11 is 4.61. The summed E-state index contributed by atoms with van der Waals surface area (Å²) in [4.78, 5) is 10.7. The zero-order valence-corrected chi connectivity index (χ0v) is 9.06. The highest BCUT2D eigenvalue weighted by Gasteiger charge is 2.14. The van der Waals surface area contributed by atoms with Gasteiger partial charge in [0.25, 0.3) is 0 Å². The van der Waals surface area contributed by atoms with E-state index in [1.54, 1.807) is 0 Å². The van der Waals surface area contributed by atoms with Gasteiger partial charge in [0.05, 0.1) is 0 Å². The highest BCUT2D eigenvalue weighted by Crippen LogP contribution is 1.96. The second-order valence-corrected chi connectivity index (χ2v) is 3.32. The lowest BCUT2D eigenvalue weighted by atomic mass is 10.1. The van der Waals surface area contributed by atoms with Crippen molar-refractivity contribution in [3.05, 3.63) is 0 Å². The number of thiocarbonyl (C=S) groups is 1. The van der Waals surface area contributed by atoms with Crippen LogP contribution in [0, 0.1) is 0 Å². The van der Waals surface area contributed by atoms with Gasteiger partial charge < -0.3 is 21.5 Å². The Morgan fingerprint density at radius 1 is 1.64 bits per heavy atom. The van der Waals surface area contributed by atoms with E-state index < -0.39 is 12.0 Å². The Balaban J connectivity index is 3.61. The first-order valence-corrected chi connectivity index (χ1v) is 4.98. The fraction of sp³-hybridized carbons (Fsp3) is 0.750. The van der Waals surface area contributed by atoms with Crippen LogP contribution in [0.5, 0.6) is 0 Å². The van der Waals surface area contributed by atoms with Gasteiger partial charge in [-0.25, -0.2) is 0 Å². The maximum Gasteiger partial charge on any atom is 0.320 e. The van der Waals surface area contributed by atoms with E-state index in [0.717, 1.165) is 6.42 Å². The molecule has 6 heteroatoms. The average Bonchev–Trinajstić information content (AvgIpc) is 2.09. The highest BCUT2D eigenvalue weighted by molar-refractivity contribution is 7.80. The van der Waals surface area contributed by atoms with E-state index in [1.165, 1.54) is 0 Å². The molecule has 5 nitrogen and oxygen atoms in total. The summed E-state index contributed by atoms with van der Waals surface area (Å²) in [6.45, 7) is 3.15. The van der Waals surface area contributed by atoms with Gasteiger partial charge in [-0.05, 0) is 31.6 Å². The lowest BCUT2D eigenvalue weighted by molar-refractivity contribution is -0.139. The van der Waals surface area contributed by atoms with Gasteiger partial charge >= 0.3 is 5.97 Å². The number of hydrogen-bond donors (Lipinski definition) is 4. The van der Waals surface area contributed by atoms with E-state index in [-0.39, 0.29) is 5.11 Å². The molecule has 0 amide bonds. The molecule has 0 bridgehead atoms. The Labute approximate surface area is 89.0 Å². The first kappa shape index (κ1) is 13.1. The summed E-state index contributed by atoms with van der Waals surface area (Å²) in [5.41, 5.74) is 5.22. The molecule has 0 aromatic heterocycles. The van der Waals surface area contributed by atoms with Crippen molar-refractivity contribution in [2.24, 2.45) is 5.73 Å². The molecule has 0 unspecified atom stereocenters. The van der Waals surface area contributed by atoms with Crippen LogP contribution in [-0.2, 0) is 4.79 Å². The Morgan fingerprint density at radius 3 is 2.71 bits per heavy atom. The monoisotopic (exact) mass is 219 g/mol. The maximum atomic E-state index is 10.7. The fourth-order valence-electron chi connectivity index (χ4n) is 1.08. The minimum atomic E-state index is -0.817. The molecule has 0 spiro atoms. The van der Waals surface area contributed by atoms with Crippen LogP contribution in [0.4, 0.5) is 0 Å². The molecule has 14 heavy (non-hydrogen) atoms. The van der Waals surface area contributed by atoms with Crippen LogP contribution in [0.3, 0.4) is 0 Å². The molecule has 0 radical (unpaired) electrons. The molecule has 0 fully saturated rings. The lowest BCUT2D eigenvalue weighted by Crippen LogP contribution is -2.37. The molecule has 0 heterocycles. The Morgan fingerprint density at radius 2 is 2.29 bits per heavy atom. The van der Waals surface area contributed by atoms with Gasteiger partial charge in [0, 0.05) is 6.54 Å². The van der Waals surface area contributed by atoms with Crippen LogP contribution >= 0.6 is 12.2 Å². The normalized spacial score (nSPS) is 12.1. The number of rotatable bonds is 7. The SMILES string of the molecule is CCN[C@@H](CCCNC(N)=S)C(=O)O. The number of likely N-dealkylation sites (N-methyl/N-ethyl adjacent to an activating group) is 1. The minimum Gasteiger partial charge on any atom is -0.480 e. The molecule has 5 N–H and O–H groups in total. The molecule has 0 aromatic rings. The van der Waals surface area contributed by atoms with Crippen LogP contribution in [-0.4, -0.2) is 35.3 Å². The summed E-state index contributed by atoms with van der Waals surface area (Å²) in [5, 5.41) is 14.7. The Kier molecular flexibility index (Phi) is 7.04. The summed E-state index contributed by atoms with van der Waals surface area (Å²) in [6.07, 6.45) is 1.29. The molecule has 0 aliphatic heterocycles. The molecular weight excluding hydrogens is 202 g/mol. The third kappa shape index (κ3) is 6.62. The standard InChI is InChI=1S/C8H17N3O2S/c1-2-10-6(7(12)13)4-3-5-11-8(9)14/h6,10H,2-5H2,1H3,(H,12,13)(H3,9,11,14)/t6-/m0/s1. The fourth-order valence-corrected chi connectivity index (χ4v) is 1.18. The third-order valence-corrected chi connectivity index (χ3v) is 1.86. The lowest BCUT2D eigenvalue weighted by Gasteiger charge is -2.12. The van der Waals surface area contributed by atoms with Crippen molar-refractivity contribution < 1.29 is 9.90 Å². The predicted molar refractivity (Wildman–Crippen MR) is 59.1 cm³/mol. The molecule has 0 saturated carbocycles. The zero-order valence-electron chi connectivity index (χ0n) is 8.25. The number of nitrogens with one attached hydrogen (secondary N) is 2. The third-order valence-electron chi connectivity index (χ3n) is 1.72. The van der Waals surface area contributed by atoms with E-state index in [4.69, 9.17) is 10.8 Å². The van der Waals surface area contributed by atoms with Gasteiger partial charge in [-0.3, -0.25) is 4.79 Å². The van der Waals surface area contributed by atoms with Crippen LogP contribution in [0.15, 0.2) is 0 Å². The molecule has 0 rings (SSSR count). The molecule has 0 aliphatic rings. The van der Waals surface area contributed by atoms with Gasteiger partial charge in [-0.15, -0.1) is 0 Å². The Bertz CT molecular complexity index is 199. The van der Waals surface area contributed by atoms with Gasteiger partial charge in [-0.2, -0.15) is 0 Å². The zero-order chi connectivity index (χ0) is 11.0.